The fourth-order valence-electron chi connectivity index (χ4n) is 2.96. The fraction of sp³-hybridized carbons (Fsp3) is 0.350. The molecule has 0 spiro atoms. The molecular formula is C20H21F2NO3. The number of hydrogen-bond acceptors (Lipinski definition) is 3. The monoisotopic (exact) mass is 361 g/mol. The number of halogens is 2. The molecule has 1 aliphatic rings. The highest BCUT2D eigenvalue weighted by molar-refractivity contribution is 5.94. The zero-order valence-electron chi connectivity index (χ0n) is 14.3. The summed E-state index contributed by atoms with van der Waals surface area (Å²) in [5.41, 5.74) is 1.34. The van der Waals surface area contributed by atoms with Gasteiger partial charge in [-0.1, -0.05) is 12.1 Å². The number of ether oxygens (including phenoxy) is 2. The van der Waals surface area contributed by atoms with Crippen LogP contribution in [-0.4, -0.2) is 18.6 Å². The van der Waals surface area contributed by atoms with Crippen LogP contribution in [-0.2, 0) is 6.54 Å². The van der Waals surface area contributed by atoms with Crippen LogP contribution in [0.4, 0.5) is 8.78 Å². The lowest BCUT2D eigenvalue weighted by atomic mass is 10.2. The highest BCUT2D eigenvalue weighted by Crippen LogP contribution is 2.24. The van der Waals surface area contributed by atoms with Crippen LogP contribution in [0.3, 0.4) is 0 Å². The summed E-state index contributed by atoms with van der Waals surface area (Å²) < 4.78 is 34.4. The molecule has 0 bridgehead atoms. The van der Waals surface area contributed by atoms with Crippen molar-refractivity contribution in [2.75, 3.05) is 0 Å². The maximum atomic E-state index is 12.2. The Bertz CT molecular complexity index is 711. The van der Waals surface area contributed by atoms with Crippen LogP contribution in [0, 0.1) is 0 Å². The lowest BCUT2D eigenvalue weighted by Crippen LogP contribution is -2.22. The summed E-state index contributed by atoms with van der Waals surface area (Å²) in [6.45, 7) is -2.55. The van der Waals surface area contributed by atoms with E-state index in [2.05, 4.69) is 10.1 Å². The molecule has 0 aromatic heterocycles. The minimum atomic E-state index is -2.85. The number of amides is 1. The molecule has 2 aromatic rings. The van der Waals surface area contributed by atoms with Gasteiger partial charge in [0.15, 0.2) is 0 Å². The van der Waals surface area contributed by atoms with E-state index in [0.29, 0.717) is 12.1 Å². The average molecular weight is 361 g/mol. The minimum absolute atomic E-state index is 0.0907. The van der Waals surface area contributed by atoms with Crippen LogP contribution in [0.15, 0.2) is 48.5 Å². The summed E-state index contributed by atoms with van der Waals surface area (Å²) in [5.74, 6) is 0.668. The van der Waals surface area contributed by atoms with Gasteiger partial charge in [-0.3, -0.25) is 4.79 Å². The third-order valence-electron chi connectivity index (χ3n) is 4.32. The Hall–Kier alpha value is -2.63. The first-order chi connectivity index (χ1) is 12.6. The van der Waals surface area contributed by atoms with Gasteiger partial charge in [-0.25, -0.2) is 0 Å². The van der Waals surface area contributed by atoms with Gasteiger partial charge in [-0.05, 0) is 67.6 Å². The first kappa shape index (κ1) is 18.2. The van der Waals surface area contributed by atoms with E-state index in [1.165, 1.54) is 25.0 Å². The molecule has 1 saturated carbocycles. The van der Waals surface area contributed by atoms with Gasteiger partial charge in [0.25, 0.3) is 5.91 Å². The lowest BCUT2D eigenvalue weighted by molar-refractivity contribution is -0.0498. The molecule has 0 unspecified atom stereocenters. The second-order valence-electron chi connectivity index (χ2n) is 6.25. The number of benzene rings is 2. The molecular weight excluding hydrogens is 340 g/mol. The maximum absolute atomic E-state index is 12.2. The Morgan fingerprint density at radius 3 is 2.23 bits per heavy atom. The van der Waals surface area contributed by atoms with E-state index < -0.39 is 6.61 Å². The number of rotatable bonds is 7. The molecule has 0 radical (unpaired) electrons. The highest BCUT2D eigenvalue weighted by atomic mass is 19.3. The minimum Gasteiger partial charge on any atom is -0.490 e. The van der Waals surface area contributed by atoms with Gasteiger partial charge in [-0.2, -0.15) is 8.78 Å². The second-order valence-corrected chi connectivity index (χ2v) is 6.25. The molecule has 1 amide bonds. The first-order valence-electron chi connectivity index (χ1n) is 8.69. The number of carbonyl (C=O) groups excluding carboxylic acids is 1. The van der Waals surface area contributed by atoms with Crippen molar-refractivity contribution in [1.29, 1.82) is 0 Å². The Labute approximate surface area is 151 Å². The number of carbonyl (C=O) groups is 1. The molecule has 138 valence electrons. The third kappa shape index (κ3) is 5.18. The van der Waals surface area contributed by atoms with Gasteiger partial charge in [0.2, 0.25) is 0 Å². The summed E-state index contributed by atoms with van der Waals surface area (Å²) >= 11 is 0. The number of hydrogen-bond donors (Lipinski definition) is 1. The predicted octanol–water partition coefficient (Wildman–Crippen LogP) is 4.54. The van der Waals surface area contributed by atoms with E-state index in [1.54, 1.807) is 24.3 Å². The van der Waals surface area contributed by atoms with Gasteiger partial charge in [0, 0.05) is 12.1 Å². The normalized spacial score (nSPS) is 14.4. The topological polar surface area (TPSA) is 47.6 Å². The van der Waals surface area contributed by atoms with E-state index >= 15 is 0 Å². The summed E-state index contributed by atoms with van der Waals surface area (Å²) in [6.07, 6.45) is 4.87. The molecule has 1 aliphatic carbocycles. The first-order valence-corrected chi connectivity index (χ1v) is 8.69. The summed E-state index contributed by atoms with van der Waals surface area (Å²) in [6, 6.07) is 13.3. The van der Waals surface area contributed by atoms with Crippen LogP contribution in [0.5, 0.6) is 11.5 Å². The van der Waals surface area contributed by atoms with Crippen LogP contribution in [0.2, 0.25) is 0 Å². The number of alkyl halides is 2. The van der Waals surface area contributed by atoms with E-state index in [4.69, 9.17) is 4.74 Å². The quantitative estimate of drug-likeness (QED) is 0.788. The number of nitrogens with one attached hydrogen (secondary N) is 1. The van der Waals surface area contributed by atoms with Crippen molar-refractivity contribution < 1.29 is 23.0 Å². The standard InChI is InChI=1S/C20H21F2NO3/c21-20(22)26-18-9-5-14(6-10-18)13-23-19(24)15-7-11-17(12-8-15)25-16-3-1-2-4-16/h5-12,16,20H,1-4,13H2,(H,23,24). The van der Waals surface area contributed by atoms with Gasteiger partial charge in [0.05, 0.1) is 6.10 Å². The lowest BCUT2D eigenvalue weighted by Gasteiger charge is -2.13. The Balaban J connectivity index is 1.49. The van der Waals surface area contributed by atoms with Crippen molar-refractivity contribution in [2.24, 2.45) is 0 Å². The van der Waals surface area contributed by atoms with Crippen LogP contribution in [0.1, 0.15) is 41.6 Å². The Morgan fingerprint density at radius 2 is 1.62 bits per heavy atom. The molecule has 3 rings (SSSR count). The Kier molecular flexibility index (Phi) is 6.04. The van der Waals surface area contributed by atoms with Crippen molar-refractivity contribution >= 4 is 5.91 Å². The zero-order chi connectivity index (χ0) is 18.4. The average Bonchev–Trinajstić information content (AvgIpc) is 3.14. The summed E-state index contributed by atoms with van der Waals surface area (Å²) in [7, 11) is 0. The molecule has 1 N–H and O–H groups in total. The van der Waals surface area contributed by atoms with E-state index in [9.17, 15) is 13.6 Å². The van der Waals surface area contributed by atoms with Crippen LogP contribution in [0.25, 0.3) is 0 Å². The van der Waals surface area contributed by atoms with Gasteiger partial charge in [-0.15, -0.1) is 0 Å². The SMILES string of the molecule is O=C(NCc1ccc(OC(F)F)cc1)c1ccc(OC2CCCC2)cc1. The van der Waals surface area contributed by atoms with Crippen molar-refractivity contribution in [3.63, 3.8) is 0 Å². The second kappa shape index (κ2) is 8.65. The van der Waals surface area contributed by atoms with Gasteiger partial charge < -0.3 is 14.8 Å². The molecule has 0 atom stereocenters. The van der Waals surface area contributed by atoms with Gasteiger partial charge in [0.1, 0.15) is 11.5 Å². The van der Waals surface area contributed by atoms with E-state index in [-0.39, 0.29) is 17.8 Å². The highest BCUT2D eigenvalue weighted by Gasteiger charge is 2.16. The van der Waals surface area contributed by atoms with Crippen LogP contribution >= 0.6 is 0 Å². The van der Waals surface area contributed by atoms with Crippen molar-refractivity contribution in [2.45, 2.75) is 44.9 Å². The van der Waals surface area contributed by atoms with E-state index in [1.807, 2.05) is 12.1 Å². The largest absolute Gasteiger partial charge is 0.490 e. The molecule has 0 saturated heterocycles. The van der Waals surface area contributed by atoms with Crippen LogP contribution < -0.4 is 14.8 Å². The summed E-state index contributed by atoms with van der Waals surface area (Å²) in [4.78, 5) is 12.2. The molecule has 26 heavy (non-hydrogen) atoms. The molecule has 1 fully saturated rings. The smallest absolute Gasteiger partial charge is 0.387 e. The predicted molar refractivity (Wildman–Crippen MR) is 93.6 cm³/mol. The molecule has 4 nitrogen and oxygen atoms in total. The van der Waals surface area contributed by atoms with Gasteiger partial charge >= 0.3 is 6.61 Å². The fourth-order valence-corrected chi connectivity index (χ4v) is 2.96. The maximum Gasteiger partial charge on any atom is 0.387 e. The molecule has 0 heterocycles. The van der Waals surface area contributed by atoms with E-state index in [0.717, 1.165) is 24.2 Å². The van der Waals surface area contributed by atoms with Crippen molar-refractivity contribution in [1.82, 2.24) is 5.32 Å². The van der Waals surface area contributed by atoms with Crippen molar-refractivity contribution in [3.8, 4) is 11.5 Å². The Morgan fingerprint density at radius 1 is 1.00 bits per heavy atom. The van der Waals surface area contributed by atoms with Crippen molar-refractivity contribution in [3.05, 3.63) is 59.7 Å². The summed E-state index contributed by atoms with van der Waals surface area (Å²) in [5, 5.41) is 2.80. The molecule has 2 aromatic carbocycles. The third-order valence-corrected chi connectivity index (χ3v) is 4.32. The molecule has 6 heteroatoms. The molecule has 0 aliphatic heterocycles. The zero-order valence-corrected chi connectivity index (χ0v) is 14.3.